The van der Waals surface area contributed by atoms with Gasteiger partial charge in [0.25, 0.3) is 5.56 Å². The molecule has 0 atom stereocenters. The highest BCUT2D eigenvalue weighted by molar-refractivity contribution is 6.04. The molecule has 10 nitrogen and oxygen atoms in total. The Kier molecular flexibility index (Phi) is 6.51. The number of H-pyrrole nitrogens is 1. The maximum atomic E-state index is 13.0. The second kappa shape index (κ2) is 9.90. The summed E-state index contributed by atoms with van der Waals surface area (Å²) in [5.41, 5.74) is 2.63. The van der Waals surface area contributed by atoms with Crippen molar-refractivity contribution >= 4 is 27.8 Å². The zero-order valence-corrected chi connectivity index (χ0v) is 20.6. The van der Waals surface area contributed by atoms with Crippen LogP contribution in [0.5, 0.6) is 17.2 Å². The van der Waals surface area contributed by atoms with Gasteiger partial charge in [0.1, 0.15) is 17.6 Å². The van der Waals surface area contributed by atoms with E-state index >= 15 is 0 Å². The highest BCUT2D eigenvalue weighted by Gasteiger charge is 2.24. The van der Waals surface area contributed by atoms with Crippen molar-refractivity contribution in [3.63, 3.8) is 0 Å². The first-order valence-corrected chi connectivity index (χ1v) is 11.8. The number of rotatable bonds is 7. The van der Waals surface area contributed by atoms with Crippen molar-refractivity contribution in [3.05, 3.63) is 58.6 Å². The van der Waals surface area contributed by atoms with E-state index in [-0.39, 0.29) is 18.0 Å². The first-order chi connectivity index (χ1) is 17.5. The molecule has 36 heavy (non-hydrogen) atoms. The minimum atomic E-state index is -0.247. The Morgan fingerprint density at radius 2 is 1.72 bits per heavy atom. The Balaban J connectivity index is 1.24. The fraction of sp³-hybridized carbons (Fsp3) is 0.346. The van der Waals surface area contributed by atoms with E-state index in [1.54, 1.807) is 26.2 Å². The number of fused-ring (bicyclic) bond motifs is 3. The molecule has 1 aliphatic heterocycles. The zero-order valence-electron chi connectivity index (χ0n) is 20.6. The molecule has 3 heterocycles. The van der Waals surface area contributed by atoms with Crippen LogP contribution >= 0.6 is 0 Å². The first-order valence-electron chi connectivity index (χ1n) is 11.8. The third-order valence-electron chi connectivity index (χ3n) is 6.69. The van der Waals surface area contributed by atoms with Gasteiger partial charge in [-0.1, -0.05) is 24.3 Å². The summed E-state index contributed by atoms with van der Waals surface area (Å²) in [7, 11) is 4.79. The molecule has 2 aromatic heterocycles. The van der Waals surface area contributed by atoms with Crippen molar-refractivity contribution in [1.29, 1.82) is 0 Å². The summed E-state index contributed by atoms with van der Waals surface area (Å²) in [6.45, 7) is 3.18. The van der Waals surface area contributed by atoms with Crippen molar-refractivity contribution in [3.8, 4) is 17.2 Å². The number of aromatic amines is 1. The van der Waals surface area contributed by atoms with Gasteiger partial charge < -0.3 is 24.1 Å². The van der Waals surface area contributed by atoms with Crippen LogP contribution in [-0.2, 0) is 17.9 Å². The zero-order chi connectivity index (χ0) is 25.2. The highest BCUT2D eigenvalue weighted by Crippen LogP contribution is 2.40. The fourth-order valence-corrected chi connectivity index (χ4v) is 4.78. The quantitative estimate of drug-likeness (QED) is 0.423. The lowest BCUT2D eigenvalue weighted by atomic mass is 10.1. The van der Waals surface area contributed by atoms with Crippen LogP contribution in [0, 0.1) is 0 Å². The van der Waals surface area contributed by atoms with Crippen molar-refractivity contribution in [1.82, 2.24) is 24.3 Å². The van der Waals surface area contributed by atoms with E-state index in [0.717, 1.165) is 16.5 Å². The van der Waals surface area contributed by atoms with Gasteiger partial charge in [0.05, 0.1) is 27.7 Å². The third-order valence-corrected chi connectivity index (χ3v) is 6.69. The van der Waals surface area contributed by atoms with Crippen LogP contribution in [0.2, 0.25) is 0 Å². The Morgan fingerprint density at radius 3 is 2.44 bits per heavy atom. The molecule has 1 fully saturated rings. The normalized spacial score (nSPS) is 14.4. The van der Waals surface area contributed by atoms with Crippen LogP contribution in [0.15, 0.2) is 47.5 Å². The summed E-state index contributed by atoms with van der Waals surface area (Å²) >= 11 is 0. The number of carbonyl (C=O) groups excluding carboxylic acids is 1. The average Bonchev–Trinajstić information content (AvgIpc) is 3.29. The van der Waals surface area contributed by atoms with Gasteiger partial charge >= 0.3 is 0 Å². The van der Waals surface area contributed by atoms with Gasteiger partial charge in [0.2, 0.25) is 11.7 Å². The lowest BCUT2D eigenvalue weighted by Gasteiger charge is -2.35. The van der Waals surface area contributed by atoms with Gasteiger partial charge in [-0.05, 0) is 12.1 Å². The molecule has 1 aliphatic rings. The maximum Gasteiger partial charge on any atom is 0.278 e. The molecule has 0 saturated carbocycles. The van der Waals surface area contributed by atoms with E-state index in [2.05, 4.69) is 14.9 Å². The van der Waals surface area contributed by atoms with Gasteiger partial charge in [-0.3, -0.25) is 19.1 Å². The molecule has 1 N–H and O–H groups in total. The van der Waals surface area contributed by atoms with Gasteiger partial charge in [-0.2, -0.15) is 0 Å². The second-order valence-corrected chi connectivity index (χ2v) is 8.72. The first kappa shape index (κ1) is 23.7. The molecular formula is C26H29N5O5. The largest absolute Gasteiger partial charge is 0.493 e. The average molecular weight is 492 g/mol. The van der Waals surface area contributed by atoms with Crippen LogP contribution < -0.4 is 19.8 Å². The van der Waals surface area contributed by atoms with Crippen molar-refractivity contribution in [2.75, 3.05) is 47.5 Å². The number of methoxy groups -OCH3 is 3. The molecule has 0 unspecified atom stereocenters. The van der Waals surface area contributed by atoms with Crippen molar-refractivity contribution in [2.24, 2.45) is 0 Å². The van der Waals surface area contributed by atoms with E-state index in [1.165, 1.54) is 10.9 Å². The van der Waals surface area contributed by atoms with Crippen LogP contribution in [-0.4, -0.2) is 77.8 Å². The summed E-state index contributed by atoms with van der Waals surface area (Å²) in [6.07, 6.45) is 1.46. The SMILES string of the molecule is COc1ccc(CN2CCN(C(=O)Cn3cnc4c([nH]c5ccccc54)c3=O)CC2)c(OC)c1OC. The second-order valence-electron chi connectivity index (χ2n) is 8.72. The molecule has 0 spiro atoms. The monoisotopic (exact) mass is 491 g/mol. The van der Waals surface area contributed by atoms with E-state index < -0.39 is 0 Å². The summed E-state index contributed by atoms with van der Waals surface area (Å²) in [6, 6.07) is 11.5. The van der Waals surface area contributed by atoms with Gasteiger partial charge in [0, 0.05) is 49.2 Å². The number of amides is 1. The van der Waals surface area contributed by atoms with E-state index in [4.69, 9.17) is 14.2 Å². The van der Waals surface area contributed by atoms with E-state index in [0.29, 0.717) is 61.0 Å². The number of nitrogens with zero attached hydrogens (tertiary/aromatic N) is 4. The van der Waals surface area contributed by atoms with Crippen LogP contribution in [0.25, 0.3) is 21.9 Å². The molecule has 5 rings (SSSR count). The third kappa shape index (κ3) is 4.24. The number of nitrogens with one attached hydrogen (secondary N) is 1. The molecule has 0 aliphatic carbocycles. The van der Waals surface area contributed by atoms with Gasteiger partial charge in [0.15, 0.2) is 11.5 Å². The number of ether oxygens (including phenoxy) is 3. The lowest BCUT2D eigenvalue weighted by Crippen LogP contribution is -2.49. The molecule has 4 aromatic rings. The predicted molar refractivity (Wildman–Crippen MR) is 136 cm³/mol. The van der Waals surface area contributed by atoms with Crippen LogP contribution in [0.1, 0.15) is 5.56 Å². The lowest BCUT2D eigenvalue weighted by molar-refractivity contribution is -0.133. The highest BCUT2D eigenvalue weighted by atomic mass is 16.5. The molecule has 10 heteroatoms. The standard InChI is InChI=1S/C26H29N5O5/c1-34-20-9-8-17(24(35-2)25(20)36-3)14-29-10-12-30(13-11-29)21(32)15-31-16-27-22-18-6-4-5-7-19(18)28-23(22)26(31)33/h4-9,16,28H,10-15H2,1-3H3. The molecular weight excluding hydrogens is 462 g/mol. The Bertz CT molecular complexity index is 1470. The number of hydrogen-bond donors (Lipinski definition) is 1. The molecule has 1 amide bonds. The van der Waals surface area contributed by atoms with E-state index in [9.17, 15) is 9.59 Å². The minimum absolute atomic E-state index is 0.0410. The molecule has 188 valence electrons. The summed E-state index contributed by atoms with van der Waals surface area (Å²) in [4.78, 5) is 37.7. The number of hydrogen-bond acceptors (Lipinski definition) is 7. The van der Waals surface area contributed by atoms with Gasteiger partial charge in [-0.15, -0.1) is 0 Å². The molecule has 0 radical (unpaired) electrons. The predicted octanol–water partition coefficient (Wildman–Crippen LogP) is 2.25. The van der Waals surface area contributed by atoms with Crippen LogP contribution in [0.4, 0.5) is 0 Å². The summed E-state index contributed by atoms with van der Waals surface area (Å²) in [5.74, 6) is 1.73. The molecule has 2 aromatic carbocycles. The van der Waals surface area contributed by atoms with Gasteiger partial charge in [-0.25, -0.2) is 4.98 Å². The number of para-hydroxylation sites is 1. The molecule has 1 saturated heterocycles. The van der Waals surface area contributed by atoms with Crippen molar-refractivity contribution in [2.45, 2.75) is 13.1 Å². The molecule has 0 bridgehead atoms. The Labute approximate surface area is 208 Å². The smallest absolute Gasteiger partial charge is 0.278 e. The Hall–Kier alpha value is -4.05. The number of carbonyl (C=O) groups is 1. The minimum Gasteiger partial charge on any atom is -0.493 e. The van der Waals surface area contributed by atoms with Crippen LogP contribution in [0.3, 0.4) is 0 Å². The number of aromatic nitrogens is 3. The van der Waals surface area contributed by atoms with E-state index in [1.807, 2.05) is 36.4 Å². The fourth-order valence-electron chi connectivity index (χ4n) is 4.78. The Morgan fingerprint density at radius 1 is 0.972 bits per heavy atom. The topological polar surface area (TPSA) is 102 Å². The number of piperazine rings is 1. The number of benzene rings is 2. The summed E-state index contributed by atoms with van der Waals surface area (Å²) < 4.78 is 17.8. The maximum absolute atomic E-state index is 13.0. The van der Waals surface area contributed by atoms with Crippen molar-refractivity contribution < 1.29 is 19.0 Å². The summed E-state index contributed by atoms with van der Waals surface area (Å²) in [5, 5.41) is 0.894.